The zero-order valence-corrected chi connectivity index (χ0v) is 21.9. The predicted molar refractivity (Wildman–Crippen MR) is 141 cm³/mol. The van der Waals surface area contributed by atoms with E-state index in [4.69, 9.17) is 0 Å². The molecule has 2 fully saturated rings. The van der Waals surface area contributed by atoms with Crippen molar-refractivity contribution in [1.29, 1.82) is 0 Å². The molecule has 5 rings (SSSR count). The van der Waals surface area contributed by atoms with E-state index in [9.17, 15) is 9.59 Å². The van der Waals surface area contributed by atoms with E-state index in [1.165, 1.54) is 31.2 Å². The zero-order chi connectivity index (χ0) is 25.2. The van der Waals surface area contributed by atoms with Gasteiger partial charge in [-0.05, 0) is 81.5 Å². The Labute approximate surface area is 214 Å². The molecule has 1 aliphatic heterocycles. The molecule has 36 heavy (non-hydrogen) atoms. The lowest BCUT2D eigenvalue weighted by Crippen LogP contribution is -2.46. The first-order valence-corrected chi connectivity index (χ1v) is 13.6. The second kappa shape index (κ2) is 10.6. The summed E-state index contributed by atoms with van der Waals surface area (Å²) in [7, 11) is 1.93. The molecule has 7 heteroatoms. The fourth-order valence-electron chi connectivity index (χ4n) is 6.33. The van der Waals surface area contributed by atoms with E-state index in [1.54, 1.807) is 0 Å². The van der Waals surface area contributed by atoms with E-state index in [-0.39, 0.29) is 23.9 Å². The molecule has 3 aliphatic rings. The van der Waals surface area contributed by atoms with Gasteiger partial charge in [-0.2, -0.15) is 0 Å². The van der Waals surface area contributed by atoms with E-state index in [2.05, 4.69) is 26.3 Å². The Morgan fingerprint density at radius 2 is 1.78 bits per heavy atom. The molecule has 1 atom stereocenters. The van der Waals surface area contributed by atoms with Crippen LogP contribution in [0.15, 0.2) is 24.3 Å². The molecule has 2 aliphatic carbocycles. The number of nitrogens with zero attached hydrogens (tertiary/aromatic N) is 4. The second-order valence-corrected chi connectivity index (χ2v) is 11.0. The zero-order valence-electron chi connectivity index (χ0n) is 21.9. The minimum Gasteiger partial charge on any atom is -0.356 e. The summed E-state index contributed by atoms with van der Waals surface area (Å²) in [5.74, 6) is 2.54. The first-order chi connectivity index (χ1) is 17.4. The number of fused-ring (bicyclic) bond motifs is 1. The van der Waals surface area contributed by atoms with Gasteiger partial charge in [0.05, 0.1) is 6.04 Å². The van der Waals surface area contributed by atoms with Crippen molar-refractivity contribution in [2.24, 2.45) is 5.92 Å². The van der Waals surface area contributed by atoms with Crippen LogP contribution in [-0.2, 0) is 11.2 Å². The number of hydrogen-bond donors (Lipinski definition) is 1. The van der Waals surface area contributed by atoms with Gasteiger partial charge in [0.2, 0.25) is 5.91 Å². The summed E-state index contributed by atoms with van der Waals surface area (Å²) in [6.07, 6.45) is 9.19. The van der Waals surface area contributed by atoms with E-state index < -0.39 is 0 Å². The van der Waals surface area contributed by atoms with Gasteiger partial charge < -0.3 is 15.1 Å². The monoisotopic (exact) mass is 489 g/mol. The van der Waals surface area contributed by atoms with Gasteiger partial charge >= 0.3 is 0 Å². The summed E-state index contributed by atoms with van der Waals surface area (Å²) >= 11 is 0. The molecule has 7 nitrogen and oxygen atoms in total. The first-order valence-electron chi connectivity index (χ1n) is 13.6. The van der Waals surface area contributed by atoms with Crippen LogP contribution in [0.4, 0.5) is 5.82 Å². The molecule has 0 spiro atoms. The van der Waals surface area contributed by atoms with Gasteiger partial charge in [-0.3, -0.25) is 9.59 Å². The number of nitrogens with one attached hydrogen (secondary N) is 1. The van der Waals surface area contributed by atoms with Crippen LogP contribution in [0.2, 0.25) is 0 Å². The molecule has 0 radical (unpaired) electrons. The van der Waals surface area contributed by atoms with Crippen molar-refractivity contribution in [3.05, 3.63) is 52.5 Å². The molecule has 1 saturated carbocycles. The van der Waals surface area contributed by atoms with Gasteiger partial charge in [-0.25, -0.2) is 9.97 Å². The molecule has 1 aromatic carbocycles. The van der Waals surface area contributed by atoms with Gasteiger partial charge in [0.25, 0.3) is 5.91 Å². The van der Waals surface area contributed by atoms with Crippen LogP contribution < -0.4 is 10.2 Å². The van der Waals surface area contributed by atoms with E-state index >= 15 is 0 Å². The Bertz CT molecular complexity index is 1100. The van der Waals surface area contributed by atoms with Crippen molar-refractivity contribution >= 4 is 17.6 Å². The number of aryl methyl sites for hydroxylation is 3. The highest BCUT2D eigenvalue weighted by Crippen LogP contribution is 2.34. The maximum Gasteiger partial charge on any atom is 0.253 e. The number of anilines is 1. The van der Waals surface area contributed by atoms with Crippen molar-refractivity contribution < 1.29 is 9.59 Å². The topological polar surface area (TPSA) is 78.4 Å². The lowest BCUT2D eigenvalue weighted by molar-refractivity contribution is -0.122. The number of piperidine rings is 1. The van der Waals surface area contributed by atoms with Crippen LogP contribution in [0.5, 0.6) is 0 Å². The minimum atomic E-state index is 0.0231. The normalized spacial score (nSPS) is 20.4. The molecular weight excluding hydrogens is 450 g/mol. The smallest absolute Gasteiger partial charge is 0.253 e. The Kier molecular flexibility index (Phi) is 7.26. The van der Waals surface area contributed by atoms with Gasteiger partial charge in [0.15, 0.2) is 0 Å². The third-order valence-electron chi connectivity index (χ3n) is 8.36. The van der Waals surface area contributed by atoms with Crippen molar-refractivity contribution in [2.75, 3.05) is 25.0 Å². The predicted octanol–water partition coefficient (Wildman–Crippen LogP) is 4.52. The number of carbonyl (C=O) groups is 2. The van der Waals surface area contributed by atoms with Crippen LogP contribution in [0, 0.1) is 19.8 Å². The first kappa shape index (κ1) is 24.7. The van der Waals surface area contributed by atoms with Gasteiger partial charge in [0.1, 0.15) is 11.6 Å². The molecule has 1 N–H and O–H groups in total. The Morgan fingerprint density at radius 3 is 2.50 bits per heavy atom. The number of carbonyl (C=O) groups excluding carboxylic acids is 2. The van der Waals surface area contributed by atoms with Gasteiger partial charge in [-0.15, -0.1) is 0 Å². The fraction of sp³-hybridized carbons (Fsp3) is 0.586. The van der Waals surface area contributed by atoms with E-state index in [0.29, 0.717) is 12.3 Å². The second-order valence-electron chi connectivity index (χ2n) is 11.0. The number of hydrogen-bond acceptors (Lipinski definition) is 5. The number of benzene rings is 1. The molecule has 2 amide bonds. The van der Waals surface area contributed by atoms with Crippen molar-refractivity contribution in [1.82, 2.24) is 20.2 Å². The van der Waals surface area contributed by atoms with Crippen molar-refractivity contribution in [2.45, 2.75) is 83.7 Å². The molecule has 1 saturated heterocycles. The fourth-order valence-corrected chi connectivity index (χ4v) is 6.33. The van der Waals surface area contributed by atoms with Crippen LogP contribution in [0.3, 0.4) is 0 Å². The SMILES string of the molecule is Cc1cc(N2CCC(N(C)C(=O)c3ccc4c(c3)[C@H](NC(=O)CC3CCCC3)CC4)CC2)nc(C)n1. The highest BCUT2D eigenvalue weighted by molar-refractivity contribution is 5.94. The third-order valence-corrected chi connectivity index (χ3v) is 8.36. The minimum absolute atomic E-state index is 0.0231. The molecule has 2 heterocycles. The average Bonchev–Trinajstić information content (AvgIpc) is 3.52. The van der Waals surface area contributed by atoms with Crippen molar-refractivity contribution in [3.8, 4) is 0 Å². The van der Waals surface area contributed by atoms with Crippen LogP contribution in [0.25, 0.3) is 0 Å². The maximum atomic E-state index is 13.4. The van der Waals surface area contributed by atoms with Crippen LogP contribution >= 0.6 is 0 Å². The molecule has 192 valence electrons. The van der Waals surface area contributed by atoms with E-state index in [1.807, 2.05) is 44.0 Å². The molecule has 0 unspecified atom stereocenters. The lowest BCUT2D eigenvalue weighted by atomic mass is 10.00. The summed E-state index contributed by atoms with van der Waals surface area (Å²) < 4.78 is 0. The summed E-state index contributed by atoms with van der Waals surface area (Å²) in [6.45, 7) is 5.67. The summed E-state index contributed by atoms with van der Waals surface area (Å²) in [6, 6.07) is 8.34. The van der Waals surface area contributed by atoms with E-state index in [0.717, 1.165) is 67.2 Å². The molecular formula is C29H39N5O2. The number of rotatable bonds is 6. The summed E-state index contributed by atoms with van der Waals surface area (Å²) in [4.78, 5) is 39.3. The van der Waals surface area contributed by atoms with Crippen molar-refractivity contribution in [3.63, 3.8) is 0 Å². The molecule has 2 aromatic rings. The molecule has 1 aromatic heterocycles. The highest BCUT2D eigenvalue weighted by atomic mass is 16.2. The standard InChI is InChI=1S/C29H39N5O2/c1-19-16-27(31-20(2)30-19)34-14-12-24(13-15-34)33(3)29(36)23-9-8-22-10-11-26(25(22)18-23)32-28(35)17-21-6-4-5-7-21/h8-9,16,18,21,24,26H,4-7,10-15,17H2,1-3H3,(H,32,35)/t26-/m1/s1. The average molecular weight is 490 g/mol. The van der Waals surface area contributed by atoms with Crippen LogP contribution in [-0.4, -0.2) is 52.9 Å². The van der Waals surface area contributed by atoms with Gasteiger partial charge in [-0.1, -0.05) is 18.9 Å². The molecule has 0 bridgehead atoms. The largest absolute Gasteiger partial charge is 0.356 e. The Morgan fingerprint density at radius 1 is 1.03 bits per heavy atom. The third kappa shape index (κ3) is 5.40. The summed E-state index contributed by atoms with van der Waals surface area (Å²) in [5.41, 5.74) is 4.08. The Balaban J connectivity index is 1.20. The quantitative estimate of drug-likeness (QED) is 0.646. The highest BCUT2D eigenvalue weighted by Gasteiger charge is 2.30. The van der Waals surface area contributed by atoms with Gasteiger partial charge in [0, 0.05) is 49.9 Å². The number of aromatic nitrogens is 2. The summed E-state index contributed by atoms with van der Waals surface area (Å²) in [5, 5.41) is 3.27. The van der Waals surface area contributed by atoms with Crippen LogP contribution in [0.1, 0.15) is 90.4 Å². The maximum absolute atomic E-state index is 13.4. The lowest BCUT2D eigenvalue weighted by Gasteiger charge is -2.37. The Hall–Kier alpha value is -2.96. The number of amides is 2.